The molecule has 0 N–H and O–H groups in total. The van der Waals surface area contributed by atoms with E-state index in [-0.39, 0.29) is 5.92 Å². The minimum absolute atomic E-state index is 0.158. The van der Waals surface area contributed by atoms with E-state index in [1.807, 2.05) is 6.20 Å². The topological polar surface area (TPSA) is 47.0 Å². The van der Waals surface area contributed by atoms with Crippen LogP contribution in [-0.2, 0) is 16.3 Å². The van der Waals surface area contributed by atoms with E-state index in [0.29, 0.717) is 11.5 Å². The van der Waals surface area contributed by atoms with Gasteiger partial charge in [0, 0.05) is 17.0 Å². The zero-order chi connectivity index (χ0) is 10.2. The van der Waals surface area contributed by atoms with Crippen LogP contribution in [0.4, 0.5) is 0 Å². The van der Waals surface area contributed by atoms with Gasteiger partial charge < -0.3 is 0 Å². The number of thiazole rings is 1. The molecule has 78 valence electrons. The highest BCUT2D eigenvalue weighted by atomic mass is 32.2. The normalized spacial score (nSPS) is 25.4. The standard InChI is InChI=1S/C9H13NO2S2/c1-2-8-5-10-9(13-8)7-3-4-14(11,12)6-7/h5,7H,2-4,6H2,1H3. The van der Waals surface area contributed by atoms with E-state index < -0.39 is 9.84 Å². The molecule has 0 spiro atoms. The molecule has 1 saturated heterocycles. The maximum absolute atomic E-state index is 11.3. The van der Waals surface area contributed by atoms with Crippen LogP contribution >= 0.6 is 11.3 Å². The van der Waals surface area contributed by atoms with Gasteiger partial charge in [-0.2, -0.15) is 0 Å². The van der Waals surface area contributed by atoms with Gasteiger partial charge in [0.15, 0.2) is 9.84 Å². The molecule has 5 heteroatoms. The first-order valence-electron chi connectivity index (χ1n) is 4.76. The van der Waals surface area contributed by atoms with Crippen LogP contribution in [0, 0.1) is 0 Å². The lowest BCUT2D eigenvalue weighted by atomic mass is 10.1. The van der Waals surface area contributed by atoms with Gasteiger partial charge in [-0.15, -0.1) is 11.3 Å². The SMILES string of the molecule is CCc1cnc(C2CCS(=O)(=O)C2)s1. The molecule has 1 fully saturated rings. The third-order valence-electron chi connectivity index (χ3n) is 2.50. The molecule has 0 aliphatic carbocycles. The molecule has 1 aliphatic heterocycles. The van der Waals surface area contributed by atoms with Gasteiger partial charge in [0.25, 0.3) is 0 Å². The lowest BCUT2D eigenvalue weighted by Gasteiger charge is -2.00. The highest BCUT2D eigenvalue weighted by molar-refractivity contribution is 7.91. The van der Waals surface area contributed by atoms with E-state index in [1.54, 1.807) is 11.3 Å². The summed E-state index contributed by atoms with van der Waals surface area (Å²) < 4.78 is 22.5. The van der Waals surface area contributed by atoms with Crippen molar-refractivity contribution in [3.63, 3.8) is 0 Å². The molecular weight excluding hydrogens is 218 g/mol. The minimum Gasteiger partial charge on any atom is -0.249 e. The summed E-state index contributed by atoms with van der Waals surface area (Å²) in [6.45, 7) is 2.09. The van der Waals surface area contributed by atoms with Crippen molar-refractivity contribution in [3.8, 4) is 0 Å². The number of hydrogen-bond donors (Lipinski definition) is 0. The highest BCUT2D eigenvalue weighted by Gasteiger charge is 2.30. The van der Waals surface area contributed by atoms with E-state index in [4.69, 9.17) is 0 Å². The largest absolute Gasteiger partial charge is 0.249 e. The summed E-state index contributed by atoms with van der Waals surface area (Å²) in [5, 5.41) is 1.00. The molecule has 1 atom stereocenters. The maximum Gasteiger partial charge on any atom is 0.151 e. The fraction of sp³-hybridized carbons (Fsp3) is 0.667. The molecule has 0 bridgehead atoms. The average Bonchev–Trinajstić information content (AvgIpc) is 2.70. The Morgan fingerprint density at radius 3 is 2.93 bits per heavy atom. The summed E-state index contributed by atoms with van der Waals surface area (Å²) in [6.07, 6.45) is 3.60. The van der Waals surface area contributed by atoms with Gasteiger partial charge in [-0.25, -0.2) is 13.4 Å². The Balaban J connectivity index is 2.17. The quantitative estimate of drug-likeness (QED) is 0.777. The Morgan fingerprint density at radius 1 is 1.64 bits per heavy atom. The number of sulfone groups is 1. The number of aryl methyl sites for hydroxylation is 1. The zero-order valence-corrected chi connectivity index (χ0v) is 9.70. The van der Waals surface area contributed by atoms with Crippen molar-refractivity contribution in [1.29, 1.82) is 0 Å². The first-order valence-corrected chi connectivity index (χ1v) is 7.39. The van der Waals surface area contributed by atoms with E-state index in [2.05, 4.69) is 11.9 Å². The summed E-state index contributed by atoms with van der Waals surface area (Å²) >= 11 is 1.66. The monoisotopic (exact) mass is 231 g/mol. The van der Waals surface area contributed by atoms with E-state index in [1.165, 1.54) is 4.88 Å². The molecule has 3 nitrogen and oxygen atoms in total. The van der Waals surface area contributed by atoms with Crippen LogP contribution in [0.3, 0.4) is 0 Å². The lowest BCUT2D eigenvalue weighted by Crippen LogP contribution is -2.03. The second kappa shape index (κ2) is 3.62. The van der Waals surface area contributed by atoms with Crippen LogP contribution < -0.4 is 0 Å². The number of rotatable bonds is 2. The number of aromatic nitrogens is 1. The van der Waals surface area contributed by atoms with Crippen molar-refractivity contribution in [2.75, 3.05) is 11.5 Å². The van der Waals surface area contributed by atoms with Gasteiger partial charge in [-0.1, -0.05) is 6.92 Å². The molecule has 1 aromatic rings. The maximum atomic E-state index is 11.3. The first-order chi connectivity index (χ1) is 6.61. The van der Waals surface area contributed by atoms with E-state index in [0.717, 1.165) is 17.8 Å². The Morgan fingerprint density at radius 2 is 2.43 bits per heavy atom. The van der Waals surface area contributed by atoms with Crippen molar-refractivity contribution in [1.82, 2.24) is 4.98 Å². The molecule has 0 saturated carbocycles. The van der Waals surface area contributed by atoms with Crippen molar-refractivity contribution in [3.05, 3.63) is 16.1 Å². The van der Waals surface area contributed by atoms with Crippen LogP contribution in [0.5, 0.6) is 0 Å². The smallest absolute Gasteiger partial charge is 0.151 e. The number of nitrogens with zero attached hydrogens (tertiary/aromatic N) is 1. The predicted octanol–water partition coefficient (Wildman–Crippen LogP) is 1.61. The molecular formula is C9H13NO2S2. The van der Waals surface area contributed by atoms with Crippen LogP contribution in [0.1, 0.15) is 29.1 Å². The zero-order valence-electron chi connectivity index (χ0n) is 8.06. The highest BCUT2D eigenvalue weighted by Crippen LogP contribution is 2.31. The fourth-order valence-electron chi connectivity index (χ4n) is 1.66. The van der Waals surface area contributed by atoms with Crippen molar-refractivity contribution < 1.29 is 8.42 Å². The summed E-state index contributed by atoms with van der Waals surface area (Å²) in [5.74, 6) is 0.785. The van der Waals surface area contributed by atoms with Gasteiger partial charge in [-0.05, 0) is 12.8 Å². The number of hydrogen-bond acceptors (Lipinski definition) is 4. The van der Waals surface area contributed by atoms with Crippen molar-refractivity contribution in [2.24, 2.45) is 0 Å². The molecule has 14 heavy (non-hydrogen) atoms. The third kappa shape index (κ3) is 1.98. The Bertz CT molecular complexity index is 422. The summed E-state index contributed by atoms with van der Waals surface area (Å²) in [5.41, 5.74) is 0. The first kappa shape index (κ1) is 10.1. The minimum atomic E-state index is -2.77. The van der Waals surface area contributed by atoms with Gasteiger partial charge in [-0.3, -0.25) is 0 Å². The molecule has 1 aliphatic rings. The van der Waals surface area contributed by atoms with Crippen LogP contribution in [-0.4, -0.2) is 24.9 Å². The summed E-state index contributed by atoms with van der Waals surface area (Å²) in [6, 6.07) is 0. The van der Waals surface area contributed by atoms with Crippen LogP contribution in [0.25, 0.3) is 0 Å². The lowest BCUT2D eigenvalue weighted by molar-refractivity contribution is 0.601. The molecule has 2 heterocycles. The third-order valence-corrected chi connectivity index (χ3v) is 5.57. The molecule has 0 aromatic carbocycles. The summed E-state index contributed by atoms with van der Waals surface area (Å²) in [7, 11) is -2.77. The molecule has 0 amide bonds. The van der Waals surface area contributed by atoms with Crippen molar-refractivity contribution in [2.45, 2.75) is 25.7 Å². The Kier molecular flexibility index (Phi) is 2.62. The summed E-state index contributed by atoms with van der Waals surface area (Å²) in [4.78, 5) is 5.53. The fourth-order valence-corrected chi connectivity index (χ4v) is 4.51. The van der Waals surface area contributed by atoms with Gasteiger partial charge in [0.05, 0.1) is 16.5 Å². The van der Waals surface area contributed by atoms with Gasteiger partial charge in [0.1, 0.15) is 0 Å². The second-order valence-corrected chi connectivity index (χ2v) is 6.99. The molecule has 0 radical (unpaired) electrons. The average molecular weight is 231 g/mol. The van der Waals surface area contributed by atoms with E-state index in [9.17, 15) is 8.42 Å². The molecule has 1 unspecified atom stereocenters. The van der Waals surface area contributed by atoms with Gasteiger partial charge in [0.2, 0.25) is 0 Å². The Labute approximate surface area is 88.1 Å². The Hall–Kier alpha value is -0.420. The van der Waals surface area contributed by atoms with E-state index >= 15 is 0 Å². The second-order valence-electron chi connectivity index (χ2n) is 3.62. The van der Waals surface area contributed by atoms with Crippen LogP contribution in [0.2, 0.25) is 0 Å². The van der Waals surface area contributed by atoms with Crippen LogP contribution in [0.15, 0.2) is 6.20 Å². The molecule has 1 aromatic heterocycles. The van der Waals surface area contributed by atoms with Gasteiger partial charge >= 0.3 is 0 Å². The molecule has 2 rings (SSSR count). The predicted molar refractivity (Wildman–Crippen MR) is 57.5 cm³/mol. The van der Waals surface area contributed by atoms with Crippen molar-refractivity contribution >= 4 is 21.2 Å².